The number of nitrogen functional groups attached to an aromatic ring is 2. The molecule has 0 radical (unpaired) electrons. The van der Waals surface area contributed by atoms with Gasteiger partial charge in [-0.15, -0.1) is 0 Å². The van der Waals surface area contributed by atoms with Gasteiger partial charge in [0.1, 0.15) is 11.5 Å². The number of nitrogens with zero attached hydrogens (tertiary/aromatic N) is 2. The van der Waals surface area contributed by atoms with Gasteiger partial charge in [0.2, 0.25) is 0 Å². The van der Waals surface area contributed by atoms with E-state index >= 15 is 0 Å². The van der Waals surface area contributed by atoms with Crippen molar-refractivity contribution in [2.75, 3.05) is 11.6 Å². The van der Waals surface area contributed by atoms with Gasteiger partial charge in [-0.3, -0.25) is 0 Å². The molecule has 1 aromatic heterocycles. The Labute approximate surface area is 119 Å². The maximum absolute atomic E-state index is 6.18. The second-order valence-corrected chi connectivity index (χ2v) is 5.68. The van der Waals surface area contributed by atoms with Crippen molar-refractivity contribution >= 4 is 33.3 Å². The van der Waals surface area contributed by atoms with Crippen LogP contribution in [0.4, 0.5) is 5.82 Å². The molecule has 0 saturated heterocycles. The molecule has 6 heteroatoms. The monoisotopic (exact) mass is 328 g/mol. The molecule has 18 heavy (non-hydrogen) atoms. The van der Waals surface area contributed by atoms with E-state index in [4.69, 9.17) is 23.2 Å². The van der Waals surface area contributed by atoms with Crippen molar-refractivity contribution in [1.29, 1.82) is 0 Å². The maximum atomic E-state index is 6.18. The predicted molar refractivity (Wildman–Crippen MR) is 79.0 cm³/mol. The van der Waals surface area contributed by atoms with Crippen molar-refractivity contribution < 1.29 is 0 Å². The molecule has 0 aliphatic heterocycles. The highest BCUT2D eigenvalue weighted by Crippen LogP contribution is 2.34. The molecule has 0 aliphatic rings. The number of anilines is 1. The van der Waals surface area contributed by atoms with Crippen LogP contribution in [-0.4, -0.2) is 9.66 Å². The molecule has 0 saturated carbocycles. The first-order valence-electron chi connectivity index (χ1n) is 5.50. The summed E-state index contributed by atoms with van der Waals surface area (Å²) < 4.78 is 2.33. The lowest BCUT2D eigenvalue weighted by Crippen LogP contribution is -2.16. The van der Waals surface area contributed by atoms with E-state index < -0.39 is 0 Å². The van der Waals surface area contributed by atoms with Crippen LogP contribution in [0.3, 0.4) is 0 Å². The number of hydrogen-bond donors (Lipinski definition) is 2. The summed E-state index contributed by atoms with van der Waals surface area (Å²) in [7, 11) is 0. The zero-order valence-corrected chi connectivity index (χ0v) is 12.5. The number of imidazole rings is 1. The van der Waals surface area contributed by atoms with Gasteiger partial charge in [0.25, 0.3) is 0 Å². The topological polar surface area (TPSA) is 69.9 Å². The van der Waals surface area contributed by atoms with Crippen LogP contribution < -0.4 is 11.6 Å². The fourth-order valence-corrected chi connectivity index (χ4v) is 2.32. The van der Waals surface area contributed by atoms with Gasteiger partial charge >= 0.3 is 0 Å². The Bertz CT molecular complexity index is 592. The first-order valence-corrected chi connectivity index (χ1v) is 6.67. The standard InChI is InChI=1S/C12H14BrClN4/c1-6(2)12-17-10(11(15)18(12)16)8-5-7(13)3-4-9(8)14/h3-6H,15-16H2,1-2H3. The van der Waals surface area contributed by atoms with Gasteiger partial charge in [-0.2, -0.15) is 0 Å². The van der Waals surface area contributed by atoms with Crippen molar-refractivity contribution in [3.63, 3.8) is 0 Å². The van der Waals surface area contributed by atoms with Crippen LogP contribution in [0.5, 0.6) is 0 Å². The molecule has 0 spiro atoms. The van der Waals surface area contributed by atoms with E-state index in [0.29, 0.717) is 16.5 Å². The fourth-order valence-electron chi connectivity index (χ4n) is 1.75. The average Bonchev–Trinajstić information content (AvgIpc) is 2.60. The van der Waals surface area contributed by atoms with Gasteiger partial charge in [-0.1, -0.05) is 41.4 Å². The lowest BCUT2D eigenvalue weighted by molar-refractivity contribution is 0.739. The van der Waals surface area contributed by atoms with E-state index in [-0.39, 0.29) is 5.92 Å². The summed E-state index contributed by atoms with van der Waals surface area (Å²) in [6.45, 7) is 4.02. The highest BCUT2D eigenvalue weighted by molar-refractivity contribution is 9.10. The molecule has 1 heterocycles. The first kappa shape index (κ1) is 13.2. The van der Waals surface area contributed by atoms with Crippen molar-refractivity contribution in [3.8, 4) is 11.3 Å². The van der Waals surface area contributed by atoms with Crippen LogP contribution in [-0.2, 0) is 0 Å². The molecule has 0 atom stereocenters. The quantitative estimate of drug-likeness (QED) is 0.830. The summed E-state index contributed by atoms with van der Waals surface area (Å²) in [5, 5.41) is 0.596. The van der Waals surface area contributed by atoms with Crippen LogP contribution in [0.15, 0.2) is 22.7 Å². The van der Waals surface area contributed by atoms with E-state index in [1.54, 1.807) is 6.07 Å². The van der Waals surface area contributed by atoms with Crippen LogP contribution in [0.1, 0.15) is 25.6 Å². The van der Waals surface area contributed by atoms with Gasteiger partial charge in [0.15, 0.2) is 5.82 Å². The number of benzene rings is 1. The second-order valence-electron chi connectivity index (χ2n) is 4.35. The number of aromatic nitrogens is 2. The molecule has 2 rings (SSSR count). The van der Waals surface area contributed by atoms with Crippen molar-refractivity contribution in [2.45, 2.75) is 19.8 Å². The molecule has 0 amide bonds. The summed E-state index contributed by atoms with van der Waals surface area (Å²) in [5.41, 5.74) is 7.38. The van der Waals surface area contributed by atoms with Crippen molar-refractivity contribution in [3.05, 3.63) is 33.5 Å². The molecular weight excluding hydrogens is 316 g/mol. The number of hydrogen-bond acceptors (Lipinski definition) is 3. The minimum atomic E-state index is 0.192. The summed E-state index contributed by atoms with van der Waals surface area (Å²) in [5.74, 6) is 7.25. The normalized spacial score (nSPS) is 11.2. The van der Waals surface area contributed by atoms with E-state index in [2.05, 4.69) is 20.9 Å². The van der Waals surface area contributed by atoms with Gasteiger partial charge < -0.3 is 11.6 Å². The van der Waals surface area contributed by atoms with Crippen LogP contribution in [0.25, 0.3) is 11.3 Å². The molecule has 0 fully saturated rings. The molecule has 1 aromatic carbocycles. The lowest BCUT2D eigenvalue weighted by Gasteiger charge is -2.04. The SMILES string of the molecule is CC(C)c1nc(-c2cc(Br)ccc2Cl)c(N)n1N. The second kappa shape index (κ2) is 4.82. The molecule has 0 aliphatic carbocycles. The lowest BCUT2D eigenvalue weighted by atomic mass is 10.1. The van der Waals surface area contributed by atoms with Crippen LogP contribution in [0, 0.1) is 0 Å². The first-order chi connectivity index (χ1) is 8.41. The van der Waals surface area contributed by atoms with E-state index in [1.165, 1.54) is 4.68 Å². The molecule has 4 nitrogen and oxygen atoms in total. The van der Waals surface area contributed by atoms with E-state index in [1.807, 2.05) is 26.0 Å². The number of nitrogens with two attached hydrogens (primary N) is 2. The highest BCUT2D eigenvalue weighted by atomic mass is 79.9. The number of halogens is 2. The third-order valence-electron chi connectivity index (χ3n) is 2.68. The summed E-state index contributed by atoms with van der Waals surface area (Å²) in [4.78, 5) is 4.49. The van der Waals surface area contributed by atoms with Crippen LogP contribution >= 0.6 is 27.5 Å². The van der Waals surface area contributed by atoms with Gasteiger partial charge in [-0.05, 0) is 18.2 Å². The van der Waals surface area contributed by atoms with Crippen molar-refractivity contribution in [1.82, 2.24) is 9.66 Å². The zero-order valence-electron chi connectivity index (χ0n) is 10.1. The highest BCUT2D eigenvalue weighted by Gasteiger charge is 2.18. The van der Waals surface area contributed by atoms with E-state index in [9.17, 15) is 0 Å². The van der Waals surface area contributed by atoms with Gasteiger partial charge in [0.05, 0.1) is 5.02 Å². The Balaban J connectivity index is 2.64. The molecule has 2 aromatic rings. The van der Waals surface area contributed by atoms with Crippen molar-refractivity contribution in [2.24, 2.45) is 0 Å². The molecule has 96 valence electrons. The minimum Gasteiger partial charge on any atom is -0.382 e. The Morgan fingerprint density at radius 3 is 2.61 bits per heavy atom. The third-order valence-corrected chi connectivity index (χ3v) is 3.50. The third kappa shape index (κ3) is 2.20. The summed E-state index contributed by atoms with van der Waals surface area (Å²) >= 11 is 9.58. The molecular formula is C12H14BrClN4. The molecule has 0 unspecified atom stereocenters. The Hall–Kier alpha value is -1.20. The maximum Gasteiger partial charge on any atom is 0.150 e. The van der Waals surface area contributed by atoms with E-state index in [0.717, 1.165) is 15.9 Å². The zero-order chi connectivity index (χ0) is 13.4. The number of rotatable bonds is 2. The summed E-state index contributed by atoms with van der Waals surface area (Å²) in [6, 6.07) is 5.54. The molecule has 0 bridgehead atoms. The minimum absolute atomic E-state index is 0.192. The summed E-state index contributed by atoms with van der Waals surface area (Å²) in [6.07, 6.45) is 0. The molecule has 4 N–H and O–H groups in total. The predicted octanol–water partition coefficient (Wildman–Crippen LogP) is 3.39. The van der Waals surface area contributed by atoms with Gasteiger partial charge in [-0.25, -0.2) is 9.66 Å². The Morgan fingerprint density at radius 2 is 2.06 bits per heavy atom. The fraction of sp³-hybridized carbons (Fsp3) is 0.250. The van der Waals surface area contributed by atoms with Crippen LogP contribution in [0.2, 0.25) is 5.02 Å². The smallest absolute Gasteiger partial charge is 0.150 e. The Kier molecular flexibility index (Phi) is 3.54. The largest absolute Gasteiger partial charge is 0.382 e. The average molecular weight is 330 g/mol. The Morgan fingerprint density at radius 1 is 1.39 bits per heavy atom. The van der Waals surface area contributed by atoms with Gasteiger partial charge in [0, 0.05) is 16.0 Å².